The first-order valence-electron chi connectivity index (χ1n) is 11.6. The Morgan fingerprint density at radius 2 is 1.76 bits per heavy atom. The van der Waals surface area contributed by atoms with E-state index in [0.29, 0.717) is 11.8 Å². The zero-order valence-corrected chi connectivity index (χ0v) is 21.6. The van der Waals surface area contributed by atoms with Crippen LogP contribution in [-0.2, 0) is 9.22 Å². The van der Waals surface area contributed by atoms with E-state index in [0.717, 1.165) is 45.1 Å². The highest BCUT2D eigenvalue weighted by molar-refractivity contribution is 6.74. The van der Waals surface area contributed by atoms with Crippen LogP contribution in [0.15, 0.2) is 25.3 Å². The topological polar surface area (TPSA) is 38.3 Å². The molecule has 0 aromatic rings. The van der Waals surface area contributed by atoms with Gasteiger partial charge >= 0.3 is 0 Å². The maximum atomic E-state index is 12.9. The molecule has 0 aliphatic carbocycles. The zero-order chi connectivity index (χ0) is 22.7. The second-order valence-corrected chi connectivity index (χ2v) is 15.0. The lowest BCUT2D eigenvalue weighted by molar-refractivity contribution is -0.127. The second kappa shape index (κ2) is 13.4. The molecule has 170 valence electrons. The Labute approximate surface area is 182 Å². The van der Waals surface area contributed by atoms with Crippen LogP contribution in [0.2, 0.25) is 18.1 Å². The molecule has 0 spiro atoms. The van der Waals surface area contributed by atoms with E-state index in [1.807, 2.05) is 19.1 Å². The van der Waals surface area contributed by atoms with Crippen LogP contribution in [0, 0.1) is 17.8 Å². The van der Waals surface area contributed by atoms with E-state index < -0.39 is 8.32 Å². The first-order chi connectivity index (χ1) is 13.4. The average molecular weight is 424 g/mol. The zero-order valence-electron chi connectivity index (χ0n) is 20.6. The van der Waals surface area contributed by atoms with E-state index in [4.69, 9.17) is 4.43 Å². The highest BCUT2D eigenvalue weighted by Crippen LogP contribution is 2.39. The second-order valence-electron chi connectivity index (χ2n) is 10.2. The summed E-state index contributed by atoms with van der Waals surface area (Å²) in [5, 5.41) is 3.28. The Morgan fingerprint density at radius 3 is 2.24 bits per heavy atom. The number of hydrogen-bond acceptors (Lipinski definition) is 2. The SMILES string of the molecule is C=CC[C@@H](C)CC[C@H](O[Si](C)(C)C(C)(C)C)[C@@H](C)C(=O)NCCC[C@H](C=C)CC. The molecule has 3 nitrogen and oxygen atoms in total. The van der Waals surface area contributed by atoms with Gasteiger partial charge in [0, 0.05) is 6.54 Å². The predicted molar refractivity (Wildman–Crippen MR) is 131 cm³/mol. The first-order valence-corrected chi connectivity index (χ1v) is 14.5. The normalized spacial score (nSPS) is 16.6. The molecule has 0 bridgehead atoms. The van der Waals surface area contributed by atoms with Gasteiger partial charge in [-0.05, 0) is 68.5 Å². The van der Waals surface area contributed by atoms with Crippen LogP contribution >= 0.6 is 0 Å². The molecule has 4 atom stereocenters. The molecular weight excluding hydrogens is 374 g/mol. The predicted octanol–water partition coefficient (Wildman–Crippen LogP) is 7.11. The largest absolute Gasteiger partial charge is 0.413 e. The summed E-state index contributed by atoms with van der Waals surface area (Å²) in [5.74, 6) is 1.10. The molecule has 29 heavy (non-hydrogen) atoms. The highest BCUT2D eigenvalue weighted by Gasteiger charge is 2.41. The van der Waals surface area contributed by atoms with E-state index in [1.165, 1.54) is 0 Å². The monoisotopic (exact) mass is 423 g/mol. The molecule has 0 radical (unpaired) electrons. The lowest BCUT2D eigenvalue weighted by atomic mass is 9.93. The van der Waals surface area contributed by atoms with Gasteiger partial charge in [0.05, 0.1) is 12.0 Å². The van der Waals surface area contributed by atoms with Crippen LogP contribution in [-0.4, -0.2) is 26.9 Å². The summed E-state index contributed by atoms with van der Waals surface area (Å²) in [7, 11) is -1.94. The Balaban J connectivity index is 4.96. The molecule has 0 aliphatic heterocycles. The van der Waals surface area contributed by atoms with Gasteiger partial charge in [-0.25, -0.2) is 0 Å². The summed E-state index contributed by atoms with van der Waals surface area (Å²) in [6.45, 7) is 26.3. The van der Waals surface area contributed by atoms with Crippen molar-refractivity contribution in [3.05, 3.63) is 25.3 Å². The number of rotatable bonds is 15. The molecule has 0 fully saturated rings. The minimum absolute atomic E-state index is 0.0280. The summed E-state index contributed by atoms with van der Waals surface area (Å²) in [6, 6.07) is 0. The molecule has 1 amide bonds. The van der Waals surface area contributed by atoms with Crippen molar-refractivity contribution < 1.29 is 9.22 Å². The molecule has 0 rings (SSSR count). The molecule has 0 unspecified atom stereocenters. The molecule has 0 aromatic heterocycles. The van der Waals surface area contributed by atoms with Crippen molar-refractivity contribution in [2.75, 3.05) is 6.54 Å². The van der Waals surface area contributed by atoms with Gasteiger partial charge in [-0.3, -0.25) is 4.79 Å². The Hall–Kier alpha value is -0.873. The molecule has 0 saturated carbocycles. The highest BCUT2D eigenvalue weighted by atomic mass is 28.4. The number of carbonyl (C=O) groups excluding carboxylic acids is 1. The van der Waals surface area contributed by atoms with Crippen LogP contribution in [0.1, 0.15) is 80.1 Å². The number of amides is 1. The third kappa shape index (κ3) is 10.6. The molecule has 0 heterocycles. The van der Waals surface area contributed by atoms with Gasteiger partial charge in [0.2, 0.25) is 5.91 Å². The first kappa shape index (κ1) is 28.1. The summed E-state index contributed by atoms with van der Waals surface area (Å²) in [5.41, 5.74) is 0. The van der Waals surface area contributed by atoms with Crippen LogP contribution in [0.4, 0.5) is 0 Å². The van der Waals surface area contributed by atoms with E-state index in [2.05, 4.69) is 66.2 Å². The molecular formula is C25H49NO2Si. The number of carbonyl (C=O) groups is 1. The summed E-state index contributed by atoms with van der Waals surface area (Å²) < 4.78 is 6.73. The lowest BCUT2D eigenvalue weighted by Crippen LogP contribution is -2.48. The van der Waals surface area contributed by atoms with Crippen LogP contribution in [0.25, 0.3) is 0 Å². The van der Waals surface area contributed by atoms with E-state index in [1.54, 1.807) is 0 Å². The van der Waals surface area contributed by atoms with E-state index >= 15 is 0 Å². The van der Waals surface area contributed by atoms with Crippen molar-refractivity contribution in [3.63, 3.8) is 0 Å². The maximum absolute atomic E-state index is 12.9. The fourth-order valence-electron chi connectivity index (χ4n) is 3.21. The molecule has 4 heteroatoms. The summed E-state index contributed by atoms with van der Waals surface area (Å²) in [6.07, 6.45) is 10.2. The van der Waals surface area contributed by atoms with Crippen LogP contribution in [0.5, 0.6) is 0 Å². The van der Waals surface area contributed by atoms with Crippen molar-refractivity contribution in [2.24, 2.45) is 17.8 Å². The van der Waals surface area contributed by atoms with Crippen molar-refractivity contribution in [1.29, 1.82) is 0 Å². The molecule has 1 N–H and O–H groups in total. The minimum Gasteiger partial charge on any atom is -0.413 e. The minimum atomic E-state index is -1.94. The van der Waals surface area contributed by atoms with Gasteiger partial charge in [-0.2, -0.15) is 0 Å². The van der Waals surface area contributed by atoms with Gasteiger partial charge in [-0.15, -0.1) is 13.2 Å². The lowest BCUT2D eigenvalue weighted by Gasteiger charge is -2.41. The average Bonchev–Trinajstić information content (AvgIpc) is 2.63. The van der Waals surface area contributed by atoms with Gasteiger partial charge in [-0.1, -0.05) is 53.7 Å². The summed E-state index contributed by atoms with van der Waals surface area (Å²) >= 11 is 0. The van der Waals surface area contributed by atoms with E-state index in [-0.39, 0.29) is 23.0 Å². The van der Waals surface area contributed by atoms with Crippen LogP contribution < -0.4 is 5.32 Å². The molecule has 0 aromatic carbocycles. The third-order valence-electron chi connectivity index (χ3n) is 6.65. The van der Waals surface area contributed by atoms with Gasteiger partial charge < -0.3 is 9.74 Å². The Bertz CT molecular complexity index is 496. The van der Waals surface area contributed by atoms with Crippen LogP contribution in [0.3, 0.4) is 0 Å². The Morgan fingerprint density at radius 1 is 1.14 bits per heavy atom. The Kier molecular flexibility index (Phi) is 13.0. The van der Waals surface area contributed by atoms with Gasteiger partial charge in [0.15, 0.2) is 8.32 Å². The van der Waals surface area contributed by atoms with Crippen molar-refractivity contribution >= 4 is 14.2 Å². The third-order valence-corrected chi connectivity index (χ3v) is 11.1. The van der Waals surface area contributed by atoms with Crippen molar-refractivity contribution in [3.8, 4) is 0 Å². The smallest absolute Gasteiger partial charge is 0.225 e. The van der Waals surface area contributed by atoms with Crippen molar-refractivity contribution in [1.82, 2.24) is 5.32 Å². The molecule has 0 saturated heterocycles. The number of nitrogens with one attached hydrogen (secondary N) is 1. The fourth-order valence-corrected chi connectivity index (χ4v) is 4.64. The standard InChI is InChI=1S/C25H49NO2Si/c1-11-15-20(4)17-18-23(28-29(9,10)25(6,7)8)21(5)24(27)26-19-14-16-22(12-2)13-3/h11-12,20-23H,1-2,13-19H2,3-10H3,(H,26,27)/t20-,21-,22-,23+/m1/s1. The quantitative estimate of drug-likeness (QED) is 0.173. The molecule has 0 aliphatic rings. The summed E-state index contributed by atoms with van der Waals surface area (Å²) in [4.78, 5) is 12.9. The van der Waals surface area contributed by atoms with E-state index in [9.17, 15) is 4.79 Å². The number of hydrogen-bond donors (Lipinski definition) is 1. The number of allylic oxidation sites excluding steroid dienone is 2. The fraction of sp³-hybridized carbons (Fsp3) is 0.800. The van der Waals surface area contributed by atoms with Gasteiger partial charge in [0.1, 0.15) is 0 Å². The van der Waals surface area contributed by atoms with Crippen molar-refractivity contribution in [2.45, 2.75) is 104 Å². The van der Waals surface area contributed by atoms with Gasteiger partial charge in [0.25, 0.3) is 0 Å². The maximum Gasteiger partial charge on any atom is 0.225 e.